The molecule has 1 heterocycles. The molecule has 0 radical (unpaired) electrons. The second-order valence-electron chi connectivity index (χ2n) is 17.3. The summed E-state index contributed by atoms with van der Waals surface area (Å²) in [6, 6.07) is 18.0. The molecule has 55 heavy (non-hydrogen) atoms. The van der Waals surface area contributed by atoms with E-state index in [0.29, 0.717) is 0 Å². The number of rotatable bonds is 36. The Bertz CT molecular complexity index is 1330. The van der Waals surface area contributed by atoms with Crippen LogP contribution in [0.15, 0.2) is 60.2 Å². The van der Waals surface area contributed by atoms with Gasteiger partial charge < -0.3 is 5.53 Å². The van der Waals surface area contributed by atoms with E-state index in [1.54, 1.807) is 0 Å². The predicted molar refractivity (Wildman–Crippen MR) is 244 cm³/mol. The first-order valence-electron chi connectivity index (χ1n) is 24.3. The predicted octanol–water partition coefficient (Wildman–Crippen LogP) is 18.1. The highest BCUT2D eigenvalue weighted by atomic mass is 15.2. The zero-order valence-electron chi connectivity index (χ0n) is 36.6. The fraction of sp³-hybridized carbons (Fsp3) is 0.698. The molecule has 2 aromatic carbocycles. The van der Waals surface area contributed by atoms with Gasteiger partial charge in [-0.3, -0.25) is 0 Å². The quantitative estimate of drug-likeness (QED) is 0.0490. The second kappa shape index (κ2) is 31.6. The van der Waals surface area contributed by atoms with Crippen LogP contribution in [0.3, 0.4) is 0 Å². The average molecular weight is 751 g/mol. The van der Waals surface area contributed by atoms with Crippen LogP contribution in [0.5, 0.6) is 0 Å². The minimum Gasteiger partial charge on any atom is -0.493 e. The van der Waals surface area contributed by atoms with Crippen LogP contribution in [0.2, 0.25) is 0 Å². The first kappa shape index (κ1) is 46.9. The molecule has 2 aromatic rings. The molecule has 0 bridgehead atoms. The monoisotopic (exact) mass is 751 g/mol. The topological polar surface area (TPSA) is 25.3 Å². The van der Waals surface area contributed by atoms with Crippen molar-refractivity contribution < 1.29 is 4.70 Å². The number of nitrogens with zero attached hydrogens (tertiary/aromatic N) is 2. The van der Waals surface area contributed by atoms with Gasteiger partial charge in [-0.1, -0.05) is 225 Å². The molecule has 0 amide bonds. The molecule has 0 fully saturated rings. The van der Waals surface area contributed by atoms with Crippen LogP contribution in [0.4, 0.5) is 0 Å². The largest absolute Gasteiger partial charge is 0.493 e. The van der Waals surface area contributed by atoms with Crippen molar-refractivity contribution in [3.63, 3.8) is 0 Å². The summed E-state index contributed by atoms with van der Waals surface area (Å²) in [6.45, 7) is 6.87. The first-order chi connectivity index (χ1) is 27.2. The van der Waals surface area contributed by atoms with E-state index in [2.05, 4.69) is 75.4 Å². The molecule has 0 saturated carbocycles. The molecule has 3 rings (SSSR count). The molecule has 0 aromatic heterocycles. The first-order valence-corrected chi connectivity index (χ1v) is 24.3. The Morgan fingerprint density at radius 1 is 0.382 bits per heavy atom. The lowest BCUT2D eigenvalue weighted by molar-refractivity contribution is -0.344. The Hall–Kier alpha value is -2.48. The molecule has 308 valence electrons. The number of benzene rings is 2. The Labute approximate surface area is 342 Å². The SMILES string of the molecule is CCCCCCCCCCCCCCCCc1cccc(C2=CC(CCCCC)=C(c3cccc(CCCCCCCCCCCCCCCC)c3)[N+]2=[N-])c1. The highest BCUT2D eigenvalue weighted by Crippen LogP contribution is 2.38. The van der Waals surface area contributed by atoms with Crippen molar-refractivity contribution in [3.8, 4) is 0 Å². The fourth-order valence-corrected chi connectivity index (χ4v) is 8.63. The molecule has 2 nitrogen and oxygen atoms in total. The molecular formula is C53H86N2. The zero-order chi connectivity index (χ0) is 39.0. The van der Waals surface area contributed by atoms with Crippen LogP contribution in [-0.2, 0) is 12.8 Å². The zero-order valence-corrected chi connectivity index (χ0v) is 36.6. The van der Waals surface area contributed by atoms with E-state index >= 15 is 0 Å². The summed E-state index contributed by atoms with van der Waals surface area (Å²) in [4.78, 5) is 0. The lowest BCUT2D eigenvalue weighted by atomic mass is 9.98. The van der Waals surface area contributed by atoms with Crippen molar-refractivity contribution in [2.24, 2.45) is 0 Å². The Kier molecular flexibility index (Phi) is 26.9. The fourth-order valence-electron chi connectivity index (χ4n) is 8.63. The van der Waals surface area contributed by atoms with Gasteiger partial charge in [-0.25, -0.2) is 4.70 Å². The lowest BCUT2D eigenvalue weighted by Gasteiger charge is -2.12. The van der Waals surface area contributed by atoms with Gasteiger partial charge >= 0.3 is 0 Å². The van der Waals surface area contributed by atoms with E-state index < -0.39 is 0 Å². The van der Waals surface area contributed by atoms with Crippen LogP contribution in [0.1, 0.15) is 248 Å². The number of allylic oxidation sites excluding steroid dienone is 2. The summed E-state index contributed by atoms with van der Waals surface area (Å²) in [6.07, 6.45) is 48.2. The van der Waals surface area contributed by atoms with E-state index in [0.717, 1.165) is 48.2 Å². The van der Waals surface area contributed by atoms with Gasteiger partial charge in [0.1, 0.15) is 0 Å². The molecule has 0 N–H and O–H groups in total. The highest BCUT2D eigenvalue weighted by Gasteiger charge is 2.29. The maximum Gasteiger partial charge on any atom is 0.210 e. The van der Waals surface area contributed by atoms with Gasteiger partial charge in [0.05, 0.1) is 0 Å². The molecular weight excluding hydrogens is 665 g/mol. The van der Waals surface area contributed by atoms with Crippen LogP contribution >= 0.6 is 0 Å². The lowest BCUT2D eigenvalue weighted by Crippen LogP contribution is -2.03. The van der Waals surface area contributed by atoms with Crippen molar-refractivity contribution in [3.05, 3.63) is 88.0 Å². The van der Waals surface area contributed by atoms with Gasteiger partial charge in [-0.15, -0.1) is 0 Å². The molecule has 0 unspecified atom stereocenters. The van der Waals surface area contributed by atoms with E-state index in [-0.39, 0.29) is 0 Å². The van der Waals surface area contributed by atoms with Crippen LogP contribution < -0.4 is 0 Å². The number of hydrogen-bond donors (Lipinski definition) is 0. The van der Waals surface area contributed by atoms with E-state index in [9.17, 15) is 5.53 Å². The minimum atomic E-state index is 0.932. The maximum absolute atomic E-state index is 11.8. The Balaban J connectivity index is 1.40. The molecule has 0 saturated heterocycles. The van der Waals surface area contributed by atoms with Gasteiger partial charge in [-0.2, -0.15) is 0 Å². The number of hydrogen-bond acceptors (Lipinski definition) is 0. The third kappa shape index (κ3) is 20.5. The summed E-state index contributed by atoms with van der Waals surface area (Å²) >= 11 is 0. The van der Waals surface area contributed by atoms with Crippen molar-refractivity contribution >= 4 is 11.4 Å². The van der Waals surface area contributed by atoms with Crippen LogP contribution in [0, 0.1) is 0 Å². The molecule has 1 aliphatic rings. The summed E-state index contributed by atoms with van der Waals surface area (Å²) in [7, 11) is 0. The number of aryl methyl sites for hydroxylation is 2. The van der Waals surface area contributed by atoms with Gasteiger partial charge in [0.2, 0.25) is 11.4 Å². The van der Waals surface area contributed by atoms with Crippen molar-refractivity contribution in [2.75, 3.05) is 0 Å². The van der Waals surface area contributed by atoms with Gasteiger partial charge in [0.25, 0.3) is 0 Å². The smallest absolute Gasteiger partial charge is 0.210 e. The summed E-state index contributed by atoms with van der Waals surface area (Å²) < 4.78 is 1.51. The molecule has 0 spiro atoms. The normalized spacial score (nSPS) is 13.0. The minimum absolute atomic E-state index is 0.932. The third-order valence-corrected chi connectivity index (χ3v) is 12.2. The number of unbranched alkanes of at least 4 members (excludes halogenated alkanes) is 28. The van der Waals surface area contributed by atoms with Crippen molar-refractivity contribution in [1.82, 2.24) is 0 Å². The average Bonchev–Trinajstić information content (AvgIpc) is 3.53. The third-order valence-electron chi connectivity index (χ3n) is 12.2. The van der Waals surface area contributed by atoms with Crippen molar-refractivity contribution in [1.29, 1.82) is 0 Å². The Morgan fingerprint density at radius 2 is 0.709 bits per heavy atom. The summed E-state index contributed by atoms with van der Waals surface area (Å²) in [5.74, 6) is 0. The summed E-state index contributed by atoms with van der Waals surface area (Å²) in [5.41, 5.74) is 20.1. The van der Waals surface area contributed by atoms with Crippen LogP contribution in [-0.4, -0.2) is 4.70 Å². The standard InChI is InChI=1S/C53H86N2/c1-4-7-10-12-14-16-18-20-22-24-26-28-30-33-37-47-39-35-42-49(44-47)52-46-51(41-32-9-6-3)53(55(52)54)50-43-36-40-48(45-50)38-34-31-29-27-25-23-21-19-17-15-13-11-8-5-2/h35-36,39-40,42-46H,4-34,37-38,41H2,1-3H3. The van der Waals surface area contributed by atoms with E-state index in [1.807, 2.05) is 0 Å². The Morgan fingerprint density at radius 3 is 1.13 bits per heavy atom. The molecule has 0 atom stereocenters. The van der Waals surface area contributed by atoms with Gasteiger partial charge in [0.15, 0.2) is 0 Å². The molecule has 1 aliphatic heterocycles. The van der Waals surface area contributed by atoms with Gasteiger partial charge in [0, 0.05) is 22.8 Å². The van der Waals surface area contributed by atoms with E-state index in [4.69, 9.17) is 0 Å². The highest BCUT2D eigenvalue weighted by molar-refractivity contribution is 5.78. The molecule has 0 aliphatic carbocycles. The molecule has 2 heteroatoms. The van der Waals surface area contributed by atoms with Gasteiger partial charge in [-0.05, 0) is 73.9 Å². The van der Waals surface area contributed by atoms with Crippen LogP contribution in [0.25, 0.3) is 16.9 Å². The summed E-state index contributed by atoms with van der Waals surface area (Å²) in [5, 5.41) is 0. The van der Waals surface area contributed by atoms with E-state index in [1.165, 1.54) is 214 Å². The maximum atomic E-state index is 11.8. The van der Waals surface area contributed by atoms with Crippen molar-refractivity contribution in [2.45, 2.75) is 239 Å². The second-order valence-corrected chi connectivity index (χ2v) is 17.3.